The highest BCUT2D eigenvalue weighted by Gasteiger charge is 2.31. The summed E-state index contributed by atoms with van der Waals surface area (Å²) in [7, 11) is 3.74. The van der Waals surface area contributed by atoms with Crippen molar-refractivity contribution in [3.05, 3.63) is 71.1 Å². The molecule has 0 saturated carbocycles. The Bertz CT molecular complexity index is 813. The van der Waals surface area contributed by atoms with Gasteiger partial charge in [-0.1, -0.05) is 42.0 Å². The zero-order valence-corrected chi connectivity index (χ0v) is 13.4. The van der Waals surface area contributed by atoms with E-state index < -0.39 is 0 Å². The van der Waals surface area contributed by atoms with Crippen molar-refractivity contribution in [2.24, 2.45) is 0 Å². The van der Waals surface area contributed by atoms with Gasteiger partial charge in [0.2, 0.25) is 5.78 Å². The van der Waals surface area contributed by atoms with Crippen LogP contribution in [0.4, 0.5) is 11.4 Å². The number of hydrogen-bond acceptors (Lipinski definition) is 4. The highest BCUT2D eigenvalue weighted by Crippen LogP contribution is 2.40. The fourth-order valence-electron chi connectivity index (χ4n) is 2.87. The average molecular weight is 303 g/mol. The molecule has 4 heteroatoms. The topological polar surface area (TPSA) is 47.3 Å². The number of carbonyl (C=O) groups is 1. The summed E-state index contributed by atoms with van der Waals surface area (Å²) in [4.78, 5) is 16.6. The van der Waals surface area contributed by atoms with Crippen LogP contribution in [0.5, 0.6) is 0 Å². The maximum absolute atomic E-state index is 12.8. The molecule has 0 radical (unpaired) electrons. The SMILES string of the molecule is Cc1ccc(C(=O)C(C#N)=C2N(C)c3ccccc3N2C)cc1. The van der Waals surface area contributed by atoms with Crippen molar-refractivity contribution in [2.45, 2.75) is 6.92 Å². The number of carbonyl (C=O) groups excluding carboxylic acids is 1. The predicted octanol–water partition coefficient (Wildman–Crippen LogP) is 3.50. The molecule has 23 heavy (non-hydrogen) atoms. The van der Waals surface area contributed by atoms with Crippen LogP contribution in [-0.2, 0) is 0 Å². The molecule has 0 N–H and O–H groups in total. The zero-order valence-electron chi connectivity index (χ0n) is 13.4. The van der Waals surface area contributed by atoms with Gasteiger partial charge in [0.1, 0.15) is 17.5 Å². The smallest absolute Gasteiger partial charge is 0.207 e. The zero-order chi connectivity index (χ0) is 16.6. The molecule has 1 heterocycles. The normalized spacial score (nSPS) is 12.9. The Hall–Kier alpha value is -3.06. The first-order valence-electron chi connectivity index (χ1n) is 7.37. The molecule has 0 fully saturated rings. The summed E-state index contributed by atoms with van der Waals surface area (Å²) >= 11 is 0. The van der Waals surface area contributed by atoms with Crippen molar-refractivity contribution in [1.82, 2.24) is 0 Å². The molecule has 114 valence electrons. The van der Waals surface area contributed by atoms with Gasteiger partial charge in [0.15, 0.2) is 0 Å². The fourth-order valence-corrected chi connectivity index (χ4v) is 2.87. The van der Waals surface area contributed by atoms with Gasteiger partial charge in [-0.15, -0.1) is 0 Å². The Kier molecular flexibility index (Phi) is 3.63. The molecule has 1 aliphatic heterocycles. The Labute approximate surface area is 135 Å². The minimum Gasteiger partial charge on any atom is -0.328 e. The summed E-state index contributed by atoms with van der Waals surface area (Å²) in [5.41, 5.74) is 3.71. The van der Waals surface area contributed by atoms with E-state index in [-0.39, 0.29) is 11.4 Å². The van der Waals surface area contributed by atoms with E-state index in [0.717, 1.165) is 16.9 Å². The molecule has 0 aromatic heterocycles. The van der Waals surface area contributed by atoms with Gasteiger partial charge < -0.3 is 9.80 Å². The lowest BCUT2D eigenvalue weighted by Gasteiger charge is -2.20. The van der Waals surface area contributed by atoms with Crippen LogP contribution in [0.1, 0.15) is 15.9 Å². The summed E-state index contributed by atoms with van der Waals surface area (Å²) in [6, 6.07) is 17.2. The van der Waals surface area contributed by atoms with Gasteiger partial charge in [-0.2, -0.15) is 5.26 Å². The monoisotopic (exact) mass is 303 g/mol. The van der Waals surface area contributed by atoms with Crippen molar-refractivity contribution in [3.8, 4) is 6.07 Å². The number of rotatable bonds is 2. The van der Waals surface area contributed by atoms with Crippen molar-refractivity contribution >= 4 is 17.2 Å². The Morgan fingerprint density at radius 1 is 0.957 bits per heavy atom. The average Bonchev–Trinajstić information content (AvgIpc) is 2.82. The minimum absolute atomic E-state index is 0.148. The number of benzene rings is 2. The van der Waals surface area contributed by atoms with Gasteiger partial charge in [-0.25, -0.2) is 0 Å². The van der Waals surface area contributed by atoms with E-state index in [1.807, 2.05) is 67.2 Å². The highest BCUT2D eigenvalue weighted by molar-refractivity contribution is 6.13. The summed E-state index contributed by atoms with van der Waals surface area (Å²) in [6.45, 7) is 1.97. The number of Topliss-reactive ketones (excluding diaryl/α,β-unsaturated/α-hetero) is 1. The number of anilines is 2. The summed E-state index contributed by atoms with van der Waals surface area (Å²) < 4.78 is 0. The lowest BCUT2D eigenvalue weighted by molar-refractivity contribution is 0.103. The molecule has 2 aromatic rings. The third-order valence-corrected chi connectivity index (χ3v) is 4.12. The lowest BCUT2D eigenvalue weighted by Crippen LogP contribution is -2.26. The van der Waals surface area contributed by atoms with E-state index in [2.05, 4.69) is 6.07 Å². The van der Waals surface area contributed by atoms with Crippen molar-refractivity contribution < 1.29 is 4.79 Å². The molecular formula is C19H17N3O. The standard InChI is InChI=1S/C19H17N3O/c1-13-8-10-14(11-9-13)18(23)15(12-20)19-21(2)16-6-4-5-7-17(16)22(19)3/h4-11H,1-3H3. The fraction of sp³-hybridized carbons (Fsp3) is 0.158. The van der Waals surface area contributed by atoms with Gasteiger partial charge in [-0.05, 0) is 19.1 Å². The Morgan fingerprint density at radius 3 is 1.96 bits per heavy atom. The molecule has 0 aliphatic carbocycles. The molecule has 0 saturated heterocycles. The molecule has 0 spiro atoms. The molecule has 0 bridgehead atoms. The van der Waals surface area contributed by atoms with Gasteiger partial charge in [0, 0.05) is 19.7 Å². The number of nitrogens with zero attached hydrogens (tertiary/aromatic N) is 3. The maximum Gasteiger partial charge on any atom is 0.207 e. The number of allylic oxidation sites excluding steroid dienone is 1. The van der Waals surface area contributed by atoms with Crippen LogP contribution < -0.4 is 9.80 Å². The van der Waals surface area contributed by atoms with E-state index in [0.29, 0.717) is 11.4 Å². The molecule has 3 rings (SSSR count). The van der Waals surface area contributed by atoms with Crippen LogP contribution in [0.15, 0.2) is 59.9 Å². The molecule has 0 atom stereocenters. The molecule has 4 nitrogen and oxygen atoms in total. The molecule has 2 aromatic carbocycles. The molecule has 1 aliphatic rings. The van der Waals surface area contributed by atoms with Crippen LogP contribution in [0, 0.1) is 18.3 Å². The van der Waals surface area contributed by atoms with Gasteiger partial charge in [-0.3, -0.25) is 4.79 Å². The predicted molar refractivity (Wildman–Crippen MR) is 91.4 cm³/mol. The number of para-hydroxylation sites is 2. The van der Waals surface area contributed by atoms with E-state index in [9.17, 15) is 10.1 Å². The van der Waals surface area contributed by atoms with Crippen molar-refractivity contribution in [2.75, 3.05) is 23.9 Å². The number of fused-ring (bicyclic) bond motifs is 1. The van der Waals surface area contributed by atoms with Gasteiger partial charge in [0.25, 0.3) is 0 Å². The molecule has 0 unspecified atom stereocenters. The largest absolute Gasteiger partial charge is 0.328 e. The Balaban J connectivity index is 2.10. The maximum atomic E-state index is 12.8. The van der Waals surface area contributed by atoms with E-state index in [1.54, 1.807) is 12.1 Å². The second kappa shape index (κ2) is 5.62. The third kappa shape index (κ3) is 2.36. The number of ketones is 1. The number of hydrogen-bond donors (Lipinski definition) is 0. The molecule has 0 amide bonds. The summed E-state index contributed by atoms with van der Waals surface area (Å²) in [5, 5.41) is 9.61. The first-order chi connectivity index (χ1) is 11.0. The lowest BCUT2D eigenvalue weighted by atomic mass is 10.0. The number of nitriles is 1. The van der Waals surface area contributed by atoms with Crippen molar-refractivity contribution in [3.63, 3.8) is 0 Å². The van der Waals surface area contributed by atoms with Gasteiger partial charge >= 0.3 is 0 Å². The second-order valence-electron chi connectivity index (χ2n) is 5.61. The molecular weight excluding hydrogens is 286 g/mol. The van der Waals surface area contributed by atoms with E-state index in [4.69, 9.17) is 0 Å². The van der Waals surface area contributed by atoms with Crippen LogP contribution >= 0.6 is 0 Å². The first-order valence-corrected chi connectivity index (χ1v) is 7.37. The first kappa shape index (κ1) is 14.9. The van der Waals surface area contributed by atoms with E-state index in [1.165, 1.54) is 0 Å². The van der Waals surface area contributed by atoms with Crippen LogP contribution in [0.2, 0.25) is 0 Å². The number of aryl methyl sites for hydroxylation is 1. The minimum atomic E-state index is -0.256. The summed E-state index contributed by atoms with van der Waals surface area (Å²) in [5.74, 6) is 0.355. The summed E-state index contributed by atoms with van der Waals surface area (Å²) in [6.07, 6.45) is 0. The van der Waals surface area contributed by atoms with Crippen LogP contribution in [0.3, 0.4) is 0 Å². The van der Waals surface area contributed by atoms with E-state index >= 15 is 0 Å². The quantitative estimate of drug-likeness (QED) is 0.484. The van der Waals surface area contributed by atoms with Crippen LogP contribution in [0.25, 0.3) is 0 Å². The third-order valence-electron chi connectivity index (χ3n) is 4.12. The highest BCUT2D eigenvalue weighted by atomic mass is 16.1. The van der Waals surface area contributed by atoms with Crippen molar-refractivity contribution in [1.29, 1.82) is 5.26 Å². The second-order valence-corrected chi connectivity index (χ2v) is 5.61. The Morgan fingerprint density at radius 2 is 1.48 bits per heavy atom. The van der Waals surface area contributed by atoms with Crippen LogP contribution in [-0.4, -0.2) is 19.9 Å². The van der Waals surface area contributed by atoms with Gasteiger partial charge in [0.05, 0.1) is 11.4 Å².